The van der Waals surface area contributed by atoms with E-state index in [1.54, 1.807) is 5.57 Å². The average Bonchev–Trinajstić information content (AvgIpc) is 3.14. The van der Waals surface area contributed by atoms with Crippen LogP contribution in [0.3, 0.4) is 0 Å². The van der Waals surface area contributed by atoms with Crippen LogP contribution in [0.25, 0.3) is 0 Å². The number of nitrogens with two attached hydrogens (primary N) is 1. The molecule has 3 unspecified atom stereocenters. The Morgan fingerprint density at radius 1 is 1.00 bits per heavy atom. The lowest BCUT2D eigenvalue weighted by molar-refractivity contribution is 0.652. The number of allylic oxidation sites excluding steroid dienone is 1. The van der Waals surface area contributed by atoms with Crippen LogP contribution in [0.2, 0.25) is 0 Å². The Morgan fingerprint density at radius 3 is 2.65 bits per heavy atom. The van der Waals surface area contributed by atoms with E-state index in [9.17, 15) is 0 Å². The van der Waals surface area contributed by atoms with Crippen molar-refractivity contribution in [2.45, 2.75) is 44.1 Å². The van der Waals surface area contributed by atoms with E-state index in [1.807, 2.05) is 0 Å². The fraction of sp³-hybridized carbons (Fsp3) is 0.500. The van der Waals surface area contributed by atoms with Crippen molar-refractivity contribution in [2.75, 3.05) is 0 Å². The third-order valence-electron chi connectivity index (χ3n) is 4.18. The fourth-order valence-corrected chi connectivity index (χ4v) is 3.13. The molecule has 90 valence electrons. The van der Waals surface area contributed by atoms with Crippen LogP contribution in [0.5, 0.6) is 0 Å². The Hall–Kier alpha value is -1.08. The van der Waals surface area contributed by atoms with Gasteiger partial charge in [0.25, 0.3) is 0 Å². The van der Waals surface area contributed by atoms with Gasteiger partial charge >= 0.3 is 0 Å². The molecule has 1 aromatic carbocycles. The quantitative estimate of drug-likeness (QED) is 0.767. The van der Waals surface area contributed by atoms with Crippen molar-refractivity contribution >= 4 is 0 Å². The summed E-state index contributed by atoms with van der Waals surface area (Å²) in [4.78, 5) is 0. The molecule has 0 amide bonds. The van der Waals surface area contributed by atoms with Gasteiger partial charge < -0.3 is 5.73 Å². The van der Waals surface area contributed by atoms with E-state index in [-0.39, 0.29) is 0 Å². The van der Waals surface area contributed by atoms with E-state index in [2.05, 4.69) is 36.4 Å². The highest BCUT2D eigenvalue weighted by Gasteiger charge is 2.40. The third kappa shape index (κ3) is 2.44. The second-order valence-corrected chi connectivity index (χ2v) is 5.51. The van der Waals surface area contributed by atoms with E-state index in [0.29, 0.717) is 6.04 Å². The highest BCUT2D eigenvalue weighted by Crippen LogP contribution is 2.53. The van der Waals surface area contributed by atoms with Gasteiger partial charge in [-0.3, -0.25) is 0 Å². The van der Waals surface area contributed by atoms with Gasteiger partial charge in [0, 0.05) is 6.04 Å². The predicted octanol–water partition coefficient (Wildman–Crippen LogP) is 3.62. The SMILES string of the molecule is NC1C=C(C2CC2c2ccccc2)CCCC1. The summed E-state index contributed by atoms with van der Waals surface area (Å²) in [7, 11) is 0. The maximum atomic E-state index is 6.10. The van der Waals surface area contributed by atoms with E-state index < -0.39 is 0 Å². The lowest BCUT2D eigenvalue weighted by Gasteiger charge is -2.06. The first kappa shape index (κ1) is 11.0. The lowest BCUT2D eigenvalue weighted by Crippen LogP contribution is -2.16. The minimum absolute atomic E-state index is 0.310. The van der Waals surface area contributed by atoms with Gasteiger partial charge in [-0.15, -0.1) is 0 Å². The van der Waals surface area contributed by atoms with Gasteiger partial charge in [-0.25, -0.2) is 0 Å². The smallest absolute Gasteiger partial charge is 0.0226 e. The van der Waals surface area contributed by atoms with Crippen LogP contribution >= 0.6 is 0 Å². The van der Waals surface area contributed by atoms with Crippen molar-refractivity contribution in [3.63, 3.8) is 0 Å². The Bertz CT molecular complexity index is 407. The van der Waals surface area contributed by atoms with Gasteiger partial charge in [0.05, 0.1) is 0 Å². The third-order valence-corrected chi connectivity index (χ3v) is 4.18. The molecule has 1 aromatic rings. The van der Waals surface area contributed by atoms with Crippen LogP contribution in [-0.2, 0) is 0 Å². The first-order valence-corrected chi connectivity index (χ1v) is 6.86. The Morgan fingerprint density at radius 2 is 1.82 bits per heavy atom. The van der Waals surface area contributed by atoms with Gasteiger partial charge in [-0.05, 0) is 43.1 Å². The van der Waals surface area contributed by atoms with Gasteiger partial charge in [0.15, 0.2) is 0 Å². The standard InChI is InChI=1S/C16H21N/c17-14-9-5-4-8-13(10-14)16-11-15(16)12-6-2-1-3-7-12/h1-3,6-7,10,14-16H,4-5,8-9,11,17H2. The first-order chi connectivity index (χ1) is 8.34. The molecule has 0 bridgehead atoms. The van der Waals surface area contributed by atoms with Crippen LogP contribution in [0.1, 0.15) is 43.6 Å². The molecule has 2 N–H and O–H groups in total. The topological polar surface area (TPSA) is 26.0 Å². The molecular weight excluding hydrogens is 206 g/mol. The van der Waals surface area contributed by atoms with E-state index in [1.165, 1.54) is 37.7 Å². The monoisotopic (exact) mass is 227 g/mol. The van der Waals surface area contributed by atoms with Crippen LogP contribution < -0.4 is 5.73 Å². The second-order valence-electron chi connectivity index (χ2n) is 5.51. The van der Waals surface area contributed by atoms with E-state index >= 15 is 0 Å². The second kappa shape index (κ2) is 4.66. The molecule has 2 aliphatic rings. The Balaban J connectivity index is 1.72. The van der Waals surface area contributed by atoms with Crippen molar-refractivity contribution in [3.05, 3.63) is 47.5 Å². The molecule has 0 radical (unpaired) electrons. The summed E-state index contributed by atoms with van der Waals surface area (Å²) >= 11 is 0. The van der Waals surface area contributed by atoms with Crippen molar-refractivity contribution in [1.82, 2.24) is 0 Å². The molecule has 2 aliphatic carbocycles. The van der Waals surface area contributed by atoms with Gasteiger partial charge in [-0.2, -0.15) is 0 Å². The Labute approximate surface area is 104 Å². The molecule has 17 heavy (non-hydrogen) atoms. The van der Waals surface area contributed by atoms with Gasteiger partial charge in [0.2, 0.25) is 0 Å². The zero-order chi connectivity index (χ0) is 11.7. The molecule has 0 aliphatic heterocycles. The van der Waals surface area contributed by atoms with Crippen LogP contribution in [-0.4, -0.2) is 6.04 Å². The average molecular weight is 227 g/mol. The van der Waals surface area contributed by atoms with Crippen LogP contribution in [0, 0.1) is 5.92 Å². The first-order valence-electron chi connectivity index (χ1n) is 6.86. The predicted molar refractivity (Wildman–Crippen MR) is 71.8 cm³/mol. The molecule has 3 rings (SSSR count). The summed E-state index contributed by atoms with van der Waals surface area (Å²) in [5.41, 5.74) is 9.25. The van der Waals surface area contributed by atoms with E-state index in [4.69, 9.17) is 5.73 Å². The number of hydrogen-bond donors (Lipinski definition) is 1. The molecular formula is C16H21N. The lowest BCUT2D eigenvalue weighted by atomic mass is 10.0. The molecule has 1 fully saturated rings. The highest BCUT2D eigenvalue weighted by atomic mass is 14.6. The fourth-order valence-electron chi connectivity index (χ4n) is 3.13. The summed E-state index contributed by atoms with van der Waals surface area (Å²) in [5.74, 6) is 1.56. The van der Waals surface area contributed by atoms with Gasteiger partial charge in [-0.1, -0.05) is 48.4 Å². The largest absolute Gasteiger partial charge is 0.324 e. The minimum atomic E-state index is 0.310. The van der Waals surface area contributed by atoms with Crippen molar-refractivity contribution in [1.29, 1.82) is 0 Å². The normalized spacial score (nSPS) is 32.8. The molecule has 1 nitrogen and oxygen atoms in total. The highest BCUT2D eigenvalue weighted by molar-refractivity contribution is 5.32. The maximum Gasteiger partial charge on any atom is 0.0226 e. The molecule has 1 heteroatoms. The van der Waals surface area contributed by atoms with Crippen LogP contribution in [0.15, 0.2) is 42.0 Å². The van der Waals surface area contributed by atoms with Crippen molar-refractivity contribution in [2.24, 2.45) is 11.7 Å². The van der Waals surface area contributed by atoms with Crippen molar-refractivity contribution < 1.29 is 0 Å². The van der Waals surface area contributed by atoms with Crippen LogP contribution in [0.4, 0.5) is 0 Å². The Kier molecular flexibility index (Phi) is 3.02. The van der Waals surface area contributed by atoms with E-state index in [0.717, 1.165) is 11.8 Å². The summed E-state index contributed by atoms with van der Waals surface area (Å²) in [6.45, 7) is 0. The zero-order valence-corrected chi connectivity index (χ0v) is 10.3. The summed E-state index contributed by atoms with van der Waals surface area (Å²) in [5, 5.41) is 0. The molecule has 0 spiro atoms. The zero-order valence-electron chi connectivity index (χ0n) is 10.3. The summed E-state index contributed by atoms with van der Waals surface area (Å²) in [6.07, 6.45) is 8.78. The molecule has 0 heterocycles. The number of benzene rings is 1. The van der Waals surface area contributed by atoms with Crippen molar-refractivity contribution in [3.8, 4) is 0 Å². The number of rotatable bonds is 2. The molecule has 1 saturated carbocycles. The maximum absolute atomic E-state index is 6.10. The molecule has 0 saturated heterocycles. The van der Waals surface area contributed by atoms with Gasteiger partial charge in [0.1, 0.15) is 0 Å². The molecule has 0 aromatic heterocycles. The summed E-state index contributed by atoms with van der Waals surface area (Å²) in [6, 6.07) is 11.2. The molecule has 3 atom stereocenters. The number of hydrogen-bond acceptors (Lipinski definition) is 1. The summed E-state index contributed by atoms with van der Waals surface area (Å²) < 4.78 is 0. The minimum Gasteiger partial charge on any atom is -0.324 e.